The van der Waals surface area contributed by atoms with Crippen LogP contribution < -0.4 is 10.2 Å². The molecule has 0 aromatic carbocycles. The average molecular weight is 353 g/mol. The molecule has 6 nitrogen and oxygen atoms in total. The number of ether oxygens (including phenoxy) is 2. The third-order valence-corrected chi connectivity index (χ3v) is 5.40. The molecular weight excluding hydrogens is 324 g/mol. The molecule has 0 bridgehead atoms. The van der Waals surface area contributed by atoms with E-state index in [1.165, 1.54) is 5.00 Å². The van der Waals surface area contributed by atoms with E-state index in [1.54, 1.807) is 0 Å². The second-order valence-electron chi connectivity index (χ2n) is 6.11. The minimum Gasteiger partial charge on any atom is -0.377 e. The normalized spacial score (nSPS) is 22.2. The zero-order chi connectivity index (χ0) is 16.6. The zero-order valence-electron chi connectivity index (χ0n) is 14.4. The summed E-state index contributed by atoms with van der Waals surface area (Å²) in [4.78, 5) is 9.18. The SMILES string of the molecule is CN=C(NCCOCC1CCCO1)N1CCN(c2cccs2)CC1. The van der Waals surface area contributed by atoms with Gasteiger partial charge in [0.15, 0.2) is 5.96 Å². The minimum absolute atomic E-state index is 0.301. The molecular formula is C17H28N4O2S. The number of anilines is 1. The average Bonchev–Trinajstić information content (AvgIpc) is 3.32. The number of rotatable bonds is 6. The third kappa shape index (κ3) is 4.84. The Balaban J connectivity index is 1.33. The molecule has 1 unspecified atom stereocenters. The van der Waals surface area contributed by atoms with Crippen LogP contribution in [-0.2, 0) is 9.47 Å². The number of hydrogen-bond donors (Lipinski definition) is 1. The first-order chi connectivity index (χ1) is 11.9. The van der Waals surface area contributed by atoms with E-state index in [1.807, 2.05) is 18.4 Å². The van der Waals surface area contributed by atoms with Crippen molar-refractivity contribution in [1.29, 1.82) is 0 Å². The van der Waals surface area contributed by atoms with Crippen molar-refractivity contribution in [3.05, 3.63) is 17.5 Å². The molecule has 2 aliphatic rings. The van der Waals surface area contributed by atoms with E-state index in [0.29, 0.717) is 19.3 Å². The van der Waals surface area contributed by atoms with Gasteiger partial charge in [0.1, 0.15) is 0 Å². The quantitative estimate of drug-likeness (QED) is 0.479. The largest absolute Gasteiger partial charge is 0.377 e. The summed E-state index contributed by atoms with van der Waals surface area (Å²) in [7, 11) is 1.85. The lowest BCUT2D eigenvalue weighted by molar-refractivity contribution is 0.0190. The van der Waals surface area contributed by atoms with Gasteiger partial charge in [0, 0.05) is 46.4 Å². The van der Waals surface area contributed by atoms with Gasteiger partial charge < -0.3 is 24.6 Å². The van der Waals surface area contributed by atoms with Crippen molar-refractivity contribution in [1.82, 2.24) is 10.2 Å². The summed E-state index contributed by atoms with van der Waals surface area (Å²) in [5.74, 6) is 0.974. The van der Waals surface area contributed by atoms with Crippen LogP contribution in [0.3, 0.4) is 0 Å². The molecule has 1 N–H and O–H groups in total. The van der Waals surface area contributed by atoms with E-state index < -0.39 is 0 Å². The Hall–Kier alpha value is -1.31. The minimum atomic E-state index is 0.301. The Morgan fingerprint density at radius 2 is 2.29 bits per heavy atom. The first-order valence-corrected chi connectivity index (χ1v) is 9.68. The van der Waals surface area contributed by atoms with Gasteiger partial charge in [-0.15, -0.1) is 11.3 Å². The van der Waals surface area contributed by atoms with Crippen LogP contribution in [0.2, 0.25) is 0 Å². The zero-order valence-corrected chi connectivity index (χ0v) is 15.3. The predicted molar refractivity (Wildman–Crippen MR) is 99.3 cm³/mol. The number of piperazine rings is 1. The van der Waals surface area contributed by atoms with Crippen LogP contribution >= 0.6 is 11.3 Å². The molecule has 0 spiro atoms. The van der Waals surface area contributed by atoms with E-state index in [2.05, 4.69) is 37.6 Å². The number of hydrogen-bond acceptors (Lipinski definition) is 5. The van der Waals surface area contributed by atoms with Crippen LogP contribution in [0.4, 0.5) is 5.00 Å². The topological polar surface area (TPSA) is 49.3 Å². The highest BCUT2D eigenvalue weighted by Crippen LogP contribution is 2.22. The number of nitrogens with one attached hydrogen (secondary N) is 1. The summed E-state index contributed by atoms with van der Waals surface area (Å²) in [6, 6.07) is 4.31. The first-order valence-electron chi connectivity index (χ1n) is 8.80. The van der Waals surface area contributed by atoms with Crippen molar-refractivity contribution in [2.75, 3.05) is 64.5 Å². The van der Waals surface area contributed by atoms with Gasteiger partial charge in [-0.3, -0.25) is 4.99 Å². The Bertz CT molecular complexity index is 495. The lowest BCUT2D eigenvalue weighted by Crippen LogP contribution is -2.52. The van der Waals surface area contributed by atoms with Crippen LogP contribution in [-0.4, -0.2) is 76.6 Å². The summed E-state index contributed by atoms with van der Waals surface area (Å²) >= 11 is 1.81. The lowest BCUT2D eigenvalue weighted by atomic mass is 10.2. The fourth-order valence-electron chi connectivity index (χ4n) is 3.15. The number of guanidine groups is 1. The van der Waals surface area contributed by atoms with E-state index >= 15 is 0 Å². The van der Waals surface area contributed by atoms with Gasteiger partial charge in [0.25, 0.3) is 0 Å². The molecule has 0 radical (unpaired) electrons. The number of thiophene rings is 1. The molecule has 2 saturated heterocycles. The molecule has 3 heterocycles. The van der Waals surface area contributed by atoms with Gasteiger partial charge in [-0.1, -0.05) is 0 Å². The standard InChI is InChI=1S/C17H28N4O2S/c1-18-17(19-6-12-22-14-15-4-2-11-23-15)21-9-7-20(8-10-21)16-5-3-13-24-16/h3,5,13,15H,2,4,6-12,14H2,1H3,(H,18,19). The summed E-state index contributed by atoms with van der Waals surface area (Å²) in [5.41, 5.74) is 0. The van der Waals surface area contributed by atoms with Crippen molar-refractivity contribution in [3.8, 4) is 0 Å². The maximum Gasteiger partial charge on any atom is 0.193 e. The Morgan fingerprint density at radius 3 is 2.96 bits per heavy atom. The second kappa shape index (κ2) is 9.25. The summed E-state index contributed by atoms with van der Waals surface area (Å²) in [6.07, 6.45) is 2.59. The van der Waals surface area contributed by atoms with Gasteiger partial charge in [-0.2, -0.15) is 0 Å². The van der Waals surface area contributed by atoms with Crippen LogP contribution in [0.15, 0.2) is 22.5 Å². The fourth-order valence-corrected chi connectivity index (χ4v) is 3.93. The predicted octanol–water partition coefficient (Wildman–Crippen LogP) is 1.64. The molecule has 1 atom stereocenters. The van der Waals surface area contributed by atoms with Gasteiger partial charge >= 0.3 is 0 Å². The lowest BCUT2D eigenvalue weighted by Gasteiger charge is -2.37. The monoisotopic (exact) mass is 352 g/mol. The van der Waals surface area contributed by atoms with Crippen molar-refractivity contribution in [2.24, 2.45) is 4.99 Å². The number of aliphatic imine (C=N–C) groups is 1. The highest BCUT2D eigenvalue weighted by atomic mass is 32.1. The molecule has 0 aliphatic carbocycles. The van der Waals surface area contributed by atoms with Crippen LogP contribution in [0.25, 0.3) is 0 Å². The van der Waals surface area contributed by atoms with Crippen LogP contribution in [0, 0.1) is 0 Å². The molecule has 0 amide bonds. The van der Waals surface area contributed by atoms with E-state index in [9.17, 15) is 0 Å². The van der Waals surface area contributed by atoms with Crippen molar-refractivity contribution in [3.63, 3.8) is 0 Å². The van der Waals surface area contributed by atoms with Crippen molar-refractivity contribution >= 4 is 22.3 Å². The van der Waals surface area contributed by atoms with Gasteiger partial charge in [-0.25, -0.2) is 0 Å². The molecule has 134 valence electrons. The third-order valence-electron chi connectivity index (χ3n) is 4.47. The van der Waals surface area contributed by atoms with Crippen molar-refractivity contribution in [2.45, 2.75) is 18.9 Å². The molecule has 2 aliphatic heterocycles. The Morgan fingerprint density at radius 1 is 1.42 bits per heavy atom. The molecule has 2 fully saturated rings. The van der Waals surface area contributed by atoms with Crippen molar-refractivity contribution < 1.29 is 9.47 Å². The van der Waals surface area contributed by atoms with Gasteiger partial charge in [0.05, 0.1) is 24.3 Å². The Kier molecular flexibility index (Phi) is 6.75. The van der Waals surface area contributed by atoms with Gasteiger partial charge in [-0.05, 0) is 30.4 Å². The highest BCUT2D eigenvalue weighted by molar-refractivity contribution is 7.14. The summed E-state index contributed by atoms with van der Waals surface area (Å²) in [5, 5.41) is 6.91. The molecule has 24 heavy (non-hydrogen) atoms. The Labute approximate surface area is 148 Å². The summed E-state index contributed by atoms with van der Waals surface area (Å²) < 4.78 is 11.3. The first kappa shape index (κ1) is 17.5. The molecule has 1 aromatic rings. The summed E-state index contributed by atoms with van der Waals surface area (Å²) in [6.45, 7) is 7.13. The highest BCUT2D eigenvalue weighted by Gasteiger charge is 2.20. The maximum atomic E-state index is 5.70. The van der Waals surface area contributed by atoms with Crippen LogP contribution in [0.1, 0.15) is 12.8 Å². The maximum absolute atomic E-state index is 5.70. The number of nitrogens with zero attached hydrogens (tertiary/aromatic N) is 3. The fraction of sp³-hybridized carbons (Fsp3) is 0.706. The van der Waals surface area contributed by atoms with E-state index in [-0.39, 0.29) is 0 Å². The molecule has 0 saturated carbocycles. The van der Waals surface area contributed by atoms with Crippen LogP contribution in [0.5, 0.6) is 0 Å². The second-order valence-corrected chi connectivity index (χ2v) is 7.04. The smallest absolute Gasteiger partial charge is 0.193 e. The van der Waals surface area contributed by atoms with E-state index in [4.69, 9.17) is 9.47 Å². The van der Waals surface area contributed by atoms with Gasteiger partial charge in [0.2, 0.25) is 0 Å². The molecule has 3 rings (SSSR count). The molecule has 7 heteroatoms. The van der Waals surface area contributed by atoms with E-state index in [0.717, 1.165) is 58.1 Å². The molecule has 1 aromatic heterocycles.